The third-order valence-electron chi connectivity index (χ3n) is 2.68. The molecule has 1 aromatic heterocycles. The molecule has 1 aromatic carbocycles. The molecule has 0 aliphatic rings. The highest BCUT2D eigenvalue weighted by molar-refractivity contribution is 5.92. The molecule has 0 radical (unpaired) electrons. The number of anilines is 1. The van der Waals surface area contributed by atoms with Gasteiger partial charge in [-0.1, -0.05) is 18.2 Å². The number of para-hydroxylation sites is 1. The number of nitrogens with two attached hydrogens (primary N) is 1. The monoisotopic (exact) mass is 231 g/mol. The molecule has 2 aromatic rings. The van der Waals surface area contributed by atoms with Crippen LogP contribution < -0.4 is 11.1 Å². The Labute approximate surface area is 101 Å². The molecule has 4 heteroatoms. The van der Waals surface area contributed by atoms with Gasteiger partial charge in [0.2, 0.25) is 0 Å². The van der Waals surface area contributed by atoms with Crippen LogP contribution in [0, 0.1) is 0 Å². The van der Waals surface area contributed by atoms with Crippen molar-refractivity contribution in [2.45, 2.75) is 6.54 Å². The summed E-state index contributed by atoms with van der Waals surface area (Å²) >= 11 is 0. The summed E-state index contributed by atoms with van der Waals surface area (Å²) in [6.45, 7) is 1.91. The summed E-state index contributed by atoms with van der Waals surface area (Å²) in [5.74, 6) is 0. The molecule has 3 N–H and O–H groups in total. The highest BCUT2D eigenvalue weighted by atomic mass is 16.5. The second kappa shape index (κ2) is 5.61. The van der Waals surface area contributed by atoms with Gasteiger partial charge >= 0.3 is 0 Å². The van der Waals surface area contributed by atoms with Gasteiger partial charge in [-0.3, -0.25) is 4.98 Å². The van der Waals surface area contributed by atoms with E-state index in [-0.39, 0.29) is 0 Å². The first-order valence-corrected chi connectivity index (χ1v) is 5.66. The Hall–Kier alpha value is -1.65. The number of fused-ring (bicyclic) bond motifs is 1. The number of nitrogens with zero attached hydrogens (tertiary/aromatic N) is 1. The molecule has 0 amide bonds. The number of hydrogen-bond donors (Lipinski definition) is 2. The molecule has 1 heterocycles. The molecule has 0 aliphatic heterocycles. The lowest BCUT2D eigenvalue weighted by Crippen LogP contribution is -2.11. The Morgan fingerprint density at radius 1 is 1.35 bits per heavy atom. The van der Waals surface area contributed by atoms with Crippen LogP contribution in [0.3, 0.4) is 0 Å². The third kappa shape index (κ3) is 2.54. The quantitative estimate of drug-likeness (QED) is 0.770. The smallest absolute Gasteiger partial charge is 0.0722 e. The summed E-state index contributed by atoms with van der Waals surface area (Å²) in [5, 5.41) is 4.47. The Morgan fingerprint density at radius 2 is 2.18 bits per heavy atom. The largest absolute Gasteiger partial charge is 0.383 e. The number of aromatic nitrogens is 1. The average Bonchev–Trinajstić information content (AvgIpc) is 2.39. The highest BCUT2D eigenvalue weighted by Crippen LogP contribution is 2.25. The maximum absolute atomic E-state index is 5.73. The van der Waals surface area contributed by atoms with Crippen molar-refractivity contribution in [3.05, 3.63) is 36.0 Å². The van der Waals surface area contributed by atoms with Crippen molar-refractivity contribution in [3.8, 4) is 0 Å². The summed E-state index contributed by atoms with van der Waals surface area (Å²) in [7, 11) is 1.69. The molecular formula is C13H17N3O. The van der Waals surface area contributed by atoms with Gasteiger partial charge in [0.25, 0.3) is 0 Å². The minimum absolute atomic E-state index is 0.479. The van der Waals surface area contributed by atoms with Gasteiger partial charge in [-0.25, -0.2) is 0 Å². The van der Waals surface area contributed by atoms with Gasteiger partial charge in [0.1, 0.15) is 0 Å². The summed E-state index contributed by atoms with van der Waals surface area (Å²) < 4.78 is 5.04. The molecule has 0 saturated heterocycles. The van der Waals surface area contributed by atoms with E-state index in [1.54, 1.807) is 7.11 Å². The van der Waals surface area contributed by atoms with E-state index in [1.165, 1.54) is 0 Å². The molecule has 2 rings (SSSR count). The first-order valence-electron chi connectivity index (χ1n) is 5.66. The number of rotatable bonds is 5. The maximum atomic E-state index is 5.73. The van der Waals surface area contributed by atoms with Crippen LogP contribution in [-0.2, 0) is 11.3 Å². The zero-order valence-corrected chi connectivity index (χ0v) is 9.94. The fraction of sp³-hybridized carbons (Fsp3) is 0.308. The summed E-state index contributed by atoms with van der Waals surface area (Å²) in [4.78, 5) is 4.39. The van der Waals surface area contributed by atoms with Crippen LogP contribution in [0.15, 0.2) is 30.5 Å². The Bertz CT molecular complexity index is 499. The van der Waals surface area contributed by atoms with Gasteiger partial charge in [0, 0.05) is 43.0 Å². The minimum Gasteiger partial charge on any atom is -0.383 e. The van der Waals surface area contributed by atoms with Crippen molar-refractivity contribution in [1.29, 1.82) is 0 Å². The molecule has 0 bridgehead atoms. The number of ether oxygens (including phenoxy) is 1. The van der Waals surface area contributed by atoms with Gasteiger partial charge in [0.15, 0.2) is 0 Å². The van der Waals surface area contributed by atoms with Crippen molar-refractivity contribution < 1.29 is 4.74 Å². The fourth-order valence-corrected chi connectivity index (χ4v) is 1.82. The molecule has 0 unspecified atom stereocenters. The maximum Gasteiger partial charge on any atom is 0.0722 e. The van der Waals surface area contributed by atoms with Crippen molar-refractivity contribution in [1.82, 2.24) is 4.98 Å². The van der Waals surface area contributed by atoms with E-state index in [1.807, 2.05) is 24.4 Å². The van der Waals surface area contributed by atoms with Crippen molar-refractivity contribution in [2.24, 2.45) is 5.73 Å². The van der Waals surface area contributed by atoms with E-state index in [0.29, 0.717) is 13.2 Å². The molecule has 17 heavy (non-hydrogen) atoms. The Balaban J connectivity index is 2.40. The second-order valence-corrected chi connectivity index (χ2v) is 3.80. The van der Waals surface area contributed by atoms with Crippen LogP contribution in [0.4, 0.5) is 5.69 Å². The Morgan fingerprint density at radius 3 is 2.94 bits per heavy atom. The Kier molecular flexibility index (Phi) is 3.90. The van der Waals surface area contributed by atoms with E-state index >= 15 is 0 Å². The summed E-state index contributed by atoms with van der Waals surface area (Å²) in [6.07, 6.45) is 1.83. The molecule has 90 valence electrons. The number of hydrogen-bond acceptors (Lipinski definition) is 4. The fourth-order valence-electron chi connectivity index (χ4n) is 1.82. The number of methoxy groups -OCH3 is 1. The molecule has 0 fully saturated rings. The van der Waals surface area contributed by atoms with Crippen LogP contribution in [0.25, 0.3) is 10.9 Å². The normalized spacial score (nSPS) is 10.7. The zero-order valence-electron chi connectivity index (χ0n) is 9.94. The topological polar surface area (TPSA) is 60.2 Å². The molecule has 4 nitrogen and oxygen atoms in total. The summed E-state index contributed by atoms with van der Waals surface area (Å²) in [6, 6.07) is 8.04. The molecule has 0 saturated carbocycles. The molecule has 0 aliphatic carbocycles. The number of pyridine rings is 1. The van der Waals surface area contributed by atoms with Crippen LogP contribution in [-0.4, -0.2) is 25.2 Å². The van der Waals surface area contributed by atoms with Crippen LogP contribution in [0.2, 0.25) is 0 Å². The minimum atomic E-state index is 0.479. The van der Waals surface area contributed by atoms with E-state index in [0.717, 1.165) is 28.7 Å². The molecule has 0 atom stereocenters. The van der Waals surface area contributed by atoms with E-state index < -0.39 is 0 Å². The lowest BCUT2D eigenvalue weighted by molar-refractivity contribution is 0.211. The lowest BCUT2D eigenvalue weighted by Gasteiger charge is -2.13. The van der Waals surface area contributed by atoms with Gasteiger partial charge < -0.3 is 15.8 Å². The molecular weight excluding hydrogens is 214 g/mol. The lowest BCUT2D eigenvalue weighted by atomic mass is 10.1. The van der Waals surface area contributed by atoms with Crippen molar-refractivity contribution in [2.75, 3.05) is 25.6 Å². The number of benzene rings is 1. The van der Waals surface area contributed by atoms with E-state index in [9.17, 15) is 0 Å². The van der Waals surface area contributed by atoms with Crippen LogP contribution >= 0.6 is 0 Å². The van der Waals surface area contributed by atoms with Crippen LogP contribution in [0.1, 0.15) is 5.56 Å². The standard InChI is InChI=1S/C13H17N3O/c1-17-7-6-15-13-10(8-14)9-16-12-5-3-2-4-11(12)13/h2-5,9H,6-8,14H2,1H3,(H,15,16). The average molecular weight is 231 g/mol. The first-order chi connectivity index (χ1) is 8.36. The highest BCUT2D eigenvalue weighted by Gasteiger charge is 2.06. The number of nitrogens with one attached hydrogen (secondary N) is 1. The van der Waals surface area contributed by atoms with Crippen molar-refractivity contribution in [3.63, 3.8) is 0 Å². The van der Waals surface area contributed by atoms with E-state index in [4.69, 9.17) is 10.5 Å². The van der Waals surface area contributed by atoms with Crippen molar-refractivity contribution >= 4 is 16.6 Å². The zero-order chi connectivity index (χ0) is 12.1. The predicted octanol–water partition coefficient (Wildman–Crippen LogP) is 1.75. The predicted molar refractivity (Wildman–Crippen MR) is 70.0 cm³/mol. The summed E-state index contributed by atoms with van der Waals surface area (Å²) in [5.41, 5.74) is 8.80. The first kappa shape index (κ1) is 11.8. The van der Waals surface area contributed by atoms with Crippen LogP contribution in [0.5, 0.6) is 0 Å². The van der Waals surface area contributed by atoms with E-state index in [2.05, 4.69) is 16.4 Å². The second-order valence-electron chi connectivity index (χ2n) is 3.80. The third-order valence-corrected chi connectivity index (χ3v) is 2.68. The SMILES string of the molecule is COCCNc1c(CN)cnc2ccccc12. The van der Waals surface area contributed by atoms with Gasteiger partial charge in [-0.2, -0.15) is 0 Å². The van der Waals surface area contributed by atoms with Gasteiger partial charge in [0.05, 0.1) is 12.1 Å². The van der Waals surface area contributed by atoms with Gasteiger partial charge in [-0.15, -0.1) is 0 Å². The van der Waals surface area contributed by atoms with Gasteiger partial charge in [-0.05, 0) is 6.07 Å². The molecule has 0 spiro atoms.